The number of amides is 1. The summed E-state index contributed by atoms with van der Waals surface area (Å²) in [4.78, 5) is 25.2. The smallest absolute Gasteiger partial charge is 0.264 e. The quantitative estimate of drug-likeness (QED) is 0.320. The molecule has 0 saturated carbocycles. The van der Waals surface area contributed by atoms with Crippen LogP contribution in [0.5, 0.6) is 5.88 Å². The minimum Gasteiger partial charge on any atom is -0.475 e. The third-order valence-electron chi connectivity index (χ3n) is 8.63. The molecule has 5 rings (SSSR count). The zero-order valence-electron chi connectivity index (χ0n) is 27.5. The first-order chi connectivity index (χ1) is 21.1. The molecule has 1 amide bonds. The maximum absolute atomic E-state index is 14.3. The number of benzene rings is 2. The SMILES string of the molecule is Cc1cccc(C)c1-c1cc2nc(n1)NS(=O)(=O)c1cccc(c1)C(=O)N(CCC1CC(C)(C)CCO1)[C@H](CC(C)(C)C)CO2.[HH]. The lowest BCUT2D eigenvalue weighted by Gasteiger charge is -2.39. The van der Waals surface area contributed by atoms with Crippen LogP contribution in [0.4, 0.5) is 5.95 Å². The van der Waals surface area contributed by atoms with Gasteiger partial charge in [0.2, 0.25) is 11.8 Å². The summed E-state index contributed by atoms with van der Waals surface area (Å²) in [6.07, 6.45) is 3.28. The molecule has 3 heterocycles. The first-order valence-corrected chi connectivity index (χ1v) is 17.2. The Morgan fingerprint density at radius 3 is 2.47 bits per heavy atom. The number of aromatic nitrogens is 2. The molecule has 0 radical (unpaired) electrons. The van der Waals surface area contributed by atoms with Gasteiger partial charge in [0.15, 0.2) is 0 Å². The number of carbonyl (C=O) groups is 1. The van der Waals surface area contributed by atoms with Crippen molar-refractivity contribution in [3.05, 3.63) is 65.2 Å². The van der Waals surface area contributed by atoms with Gasteiger partial charge in [0.1, 0.15) is 6.61 Å². The van der Waals surface area contributed by atoms with Crippen LogP contribution in [0.15, 0.2) is 53.4 Å². The van der Waals surface area contributed by atoms with Crippen LogP contribution in [-0.2, 0) is 14.8 Å². The van der Waals surface area contributed by atoms with Crippen LogP contribution in [-0.4, -0.2) is 61.1 Å². The average Bonchev–Trinajstić information content (AvgIpc) is 2.94. The number of carbonyl (C=O) groups excluding carboxylic acids is 1. The molecule has 4 bridgehead atoms. The molecule has 1 fully saturated rings. The number of hydrogen-bond donors (Lipinski definition) is 1. The van der Waals surface area contributed by atoms with Crippen molar-refractivity contribution in [1.29, 1.82) is 0 Å². The predicted molar refractivity (Wildman–Crippen MR) is 178 cm³/mol. The van der Waals surface area contributed by atoms with Crippen molar-refractivity contribution >= 4 is 21.9 Å². The molecule has 2 aliphatic rings. The molecule has 9 nitrogen and oxygen atoms in total. The summed E-state index contributed by atoms with van der Waals surface area (Å²) >= 11 is 0. The highest BCUT2D eigenvalue weighted by molar-refractivity contribution is 7.92. The van der Waals surface area contributed by atoms with Crippen LogP contribution < -0.4 is 9.46 Å². The molecule has 10 heteroatoms. The molecule has 244 valence electrons. The highest BCUT2D eigenvalue weighted by atomic mass is 32.2. The summed E-state index contributed by atoms with van der Waals surface area (Å²) < 4.78 is 42.3. The molecular formula is C35H48N4O5S. The van der Waals surface area contributed by atoms with E-state index in [0.29, 0.717) is 37.3 Å². The van der Waals surface area contributed by atoms with E-state index in [-0.39, 0.29) is 53.6 Å². The zero-order chi connectivity index (χ0) is 32.6. The van der Waals surface area contributed by atoms with Gasteiger partial charge in [0.05, 0.1) is 22.7 Å². The molecule has 0 spiro atoms. The lowest BCUT2D eigenvalue weighted by atomic mass is 9.81. The number of nitrogens with one attached hydrogen (secondary N) is 1. The van der Waals surface area contributed by atoms with Crippen molar-refractivity contribution in [2.24, 2.45) is 10.8 Å². The molecule has 1 saturated heterocycles. The van der Waals surface area contributed by atoms with Crippen LogP contribution in [0.2, 0.25) is 0 Å². The standard InChI is InChI=1S/C35H46N4O5S.H2/c1-23-10-8-11-24(2)31(23)29-19-30-37-33(36-29)38-45(41,42)28-13-9-12-25(18-28)32(40)39(26(22-44-30)20-34(3,4)5)16-14-27-21-35(6,7)15-17-43-27;/h8-13,18-19,26-27H,14-17,20-22H2,1-7H3,(H,36,37,38);1H/t26-,27?;/m1./s1. The Hall–Kier alpha value is -3.50. The molecule has 1 unspecified atom stereocenters. The highest BCUT2D eigenvalue weighted by Crippen LogP contribution is 2.35. The lowest BCUT2D eigenvalue weighted by molar-refractivity contribution is -0.0441. The highest BCUT2D eigenvalue weighted by Gasteiger charge is 2.34. The lowest BCUT2D eigenvalue weighted by Crippen LogP contribution is -2.47. The van der Waals surface area contributed by atoms with Crippen LogP contribution in [0.3, 0.4) is 0 Å². The largest absolute Gasteiger partial charge is 0.475 e. The molecule has 2 aliphatic heterocycles. The first-order valence-electron chi connectivity index (χ1n) is 15.7. The third kappa shape index (κ3) is 8.02. The van der Waals surface area contributed by atoms with E-state index in [1.54, 1.807) is 18.2 Å². The third-order valence-corrected chi connectivity index (χ3v) is 9.96. The second-order valence-electron chi connectivity index (χ2n) is 14.4. The molecule has 1 aromatic heterocycles. The molecule has 3 aromatic rings. The number of rotatable bonds is 5. The number of anilines is 1. The maximum Gasteiger partial charge on any atom is 0.264 e. The molecule has 1 N–H and O–H groups in total. The zero-order valence-corrected chi connectivity index (χ0v) is 28.3. The normalized spacial score (nSPS) is 21.5. The Labute approximate surface area is 269 Å². The summed E-state index contributed by atoms with van der Waals surface area (Å²) in [5.74, 6) is -0.106. The Balaban J connectivity index is 0.00000480. The summed E-state index contributed by atoms with van der Waals surface area (Å²) in [5.41, 5.74) is 3.77. The summed E-state index contributed by atoms with van der Waals surface area (Å²) in [6.45, 7) is 16.2. The second-order valence-corrected chi connectivity index (χ2v) is 16.1. The van der Waals surface area contributed by atoms with Gasteiger partial charge in [0.25, 0.3) is 15.9 Å². The van der Waals surface area contributed by atoms with Crippen LogP contribution in [0, 0.1) is 24.7 Å². The van der Waals surface area contributed by atoms with Crippen LogP contribution >= 0.6 is 0 Å². The number of sulfonamides is 1. The average molecular weight is 637 g/mol. The number of hydrogen-bond acceptors (Lipinski definition) is 7. The summed E-state index contributed by atoms with van der Waals surface area (Å²) in [5, 5.41) is 0. The Bertz CT molecular complexity index is 1650. The number of fused-ring (bicyclic) bond motifs is 4. The topological polar surface area (TPSA) is 111 Å². The van der Waals surface area contributed by atoms with Gasteiger partial charge in [-0.3, -0.25) is 4.79 Å². The Kier molecular flexibility index (Phi) is 9.29. The maximum atomic E-state index is 14.3. The van der Waals surface area contributed by atoms with E-state index in [4.69, 9.17) is 9.47 Å². The summed E-state index contributed by atoms with van der Waals surface area (Å²) in [7, 11) is -4.12. The first kappa shape index (κ1) is 32.9. The van der Waals surface area contributed by atoms with E-state index in [1.807, 2.05) is 36.9 Å². The van der Waals surface area contributed by atoms with E-state index in [9.17, 15) is 13.2 Å². The fourth-order valence-corrected chi connectivity index (χ4v) is 7.37. The van der Waals surface area contributed by atoms with Gasteiger partial charge >= 0.3 is 0 Å². The van der Waals surface area contributed by atoms with Crippen molar-refractivity contribution in [3.8, 4) is 17.1 Å². The van der Waals surface area contributed by atoms with Crippen molar-refractivity contribution in [1.82, 2.24) is 14.9 Å². The second kappa shape index (κ2) is 12.7. The molecule has 2 aromatic carbocycles. The van der Waals surface area contributed by atoms with E-state index >= 15 is 0 Å². The van der Waals surface area contributed by atoms with Gasteiger partial charge < -0.3 is 14.4 Å². The number of nitrogens with zero attached hydrogens (tertiary/aromatic N) is 3. The molecule has 45 heavy (non-hydrogen) atoms. The minimum absolute atomic E-state index is 0. The van der Waals surface area contributed by atoms with E-state index in [0.717, 1.165) is 29.5 Å². The Morgan fingerprint density at radius 2 is 1.78 bits per heavy atom. The van der Waals surface area contributed by atoms with Crippen molar-refractivity contribution < 1.29 is 24.1 Å². The van der Waals surface area contributed by atoms with Crippen LogP contribution in [0.1, 0.15) is 83.2 Å². The van der Waals surface area contributed by atoms with Crippen molar-refractivity contribution in [3.63, 3.8) is 0 Å². The number of ether oxygens (including phenoxy) is 2. The molecule has 2 atom stereocenters. The van der Waals surface area contributed by atoms with E-state index < -0.39 is 10.0 Å². The minimum atomic E-state index is -4.12. The van der Waals surface area contributed by atoms with Gasteiger partial charge in [0, 0.05) is 31.8 Å². The fraction of sp³-hybridized carbons (Fsp3) is 0.514. The van der Waals surface area contributed by atoms with Crippen molar-refractivity contribution in [2.45, 2.75) is 91.2 Å². The monoisotopic (exact) mass is 636 g/mol. The van der Waals surface area contributed by atoms with Gasteiger partial charge in [-0.05, 0) is 79.7 Å². The van der Waals surface area contributed by atoms with Gasteiger partial charge in [-0.15, -0.1) is 0 Å². The van der Waals surface area contributed by atoms with Crippen LogP contribution in [0.25, 0.3) is 11.3 Å². The van der Waals surface area contributed by atoms with Gasteiger partial charge in [-0.25, -0.2) is 18.1 Å². The molecule has 0 aliphatic carbocycles. The van der Waals surface area contributed by atoms with E-state index in [1.165, 1.54) is 12.1 Å². The Morgan fingerprint density at radius 1 is 1.07 bits per heavy atom. The van der Waals surface area contributed by atoms with Gasteiger partial charge in [-0.2, -0.15) is 4.98 Å². The molecular weight excluding hydrogens is 588 g/mol. The summed E-state index contributed by atoms with van der Waals surface area (Å²) in [6, 6.07) is 13.5. The predicted octanol–water partition coefficient (Wildman–Crippen LogP) is 7.04. The fourth-order valence-electron chi connectivity index (χ4n) is 6.38. The van der Waals surface area contributed by atoms with E-state index in [2.05, 4.69) is 49.3 Å². The number of aryl methyl sites for hydroxylation is 2. The van der Waals surface area contributed by atoms with Crippen molar-refractivity contribution in [2.75, 3.05) is 24.5 Å². The van der Waals surface area contributed by atoms with Gasteiger partial charge in [-0.1, -0.05) is 58.9 Å².